The van der Waals surface area contributed by atoms with E-state index in [1.807, 2.05) is 60.4 Å². The van der Waals surface area contributed by atoms with Crippen LogP contribution < -0.4 is 10.2 Å². The predicted octanol–water partition coefficient (Wildman–Crippen LogP) is 6.78. The highest BCUT2D eigenvalue weighted by Gasteiger charge is 2.23. The van der Waals surface area contributed by atoms with E-state index in [0.29, 0.717) is 40.1 Å². The maximum absolute atomic E-state index is 12.9. The molecule has 0 radical (unpaired) electrons. The van der Waals surface area contributed by atoms with E-state index >= 15 is 0 Å². The van der Waals surface area contributed by atoms with Gasteiger partial charge in [-0.05, 0) is 73.2 Å². The minimum absolute atomic E-state index is 0.0789. The van der Waals surface area contributed by atoms with Gasteiger partial charge < -0.3 is 19.5 Å². The van der Waals surface area contributed by atoms with Crippen LogP contribution in [0.15, 0.2) is 83.3 Å². The fourth-order valence-electron chi connectivity index (χ4n) is 4.39. The zero-order valence-corrected chi connectivity index (χ0v) is 21.7. The first-order chi connectivity index (χ1) is 17.9. The van der Waals surface area contributed by atoms with Crippen molar-refractivity contribution >= 4 is 46.4 Å². The van der Waals surface area contributed by atoms with Gasteiger partial charge in [0.15, 0.2) is 5.76 Å². The van der Waals surface area contributed by atoms with Crippen LogP contribution in [0.2, 0.25) is 10.0 Å². The number of carbonyl (C=O) groups is 2. The Kier molecular flexibility index (Phi) is 7.22. The molecule has 188 valence electrons. The highest BCUT2D eigenvalue weighted by molar-refractivity contribution is 6.36. The molecule has 1 aromatic heterocycles. The topological polar surface area (TPSA) is 65.8 Å². The van der Waals surface area contributed by atoms with E-state index in [1.54, 1.807) is 30.3 Å². The Morgan fingerprint density at radius 2 is 1.59 bits per heavy atom. The van der Waals surface area contributed by atoms with Crippen molar-refractivity contribution in [1.29, 1.82) is 0 Å². The molecular formula is C29H25Cl2N3O3. The van der Waals surface area contributed by atoms with Crippen molar-refractivity contribution in [2.75, 3.05) is 36.4 Å². The molecule has 5 rings (SSSR count). The molecule has 1 fully saturated rings. The third-order valence-electron chi connectivity index (χ3n) is 6.46. The third kappa shape index (κ3) is 5.50. The van der Waals surface area contributed by atoms with E-state index in [-0.39, 0.29) is 17.6 Å². The van der Waals surface area contributed by atoms with Crippen LogP contribution in [0.1, 0.15) is 26.5 Å². The summed E-state index contributed by atoms with van der Waals surface area (Å²) in [5.74, 6) is 0.393. The number of benzene rings is 3. The molecular weight excluding hydrogens is 509 g/mol. The summed E-state index contributed by atoms with van der Waals surface area (Å²) in [6, 6.07) is 23.8. The normalized spacial score (nSPS) is 13.5. The number of hydrogen-bond donors (Lipinski definition) is 1. The highest BCUT2D eigenvalue weighted by atomic mass is 35.5. The van der Waals surface area contributed by atoms with Gasteiger partial charge in [0.25, 0.3) is 11.8 Å². The van der Waals surface area contributed by atoms with Gasteiger partial charge in [0.05, 0.1) is 5.02 Å². The number of rotatable bonds is 5. The molecule has 0 atom stereocenters. The highest BCUT2D eigenvalue weighted by Crippen LogP contribution is 2.32. The molecule has 37 heavy (non-hydrogen) atoms. The van der Waals surface area contributed by atoms with Crippen molar-refractivity contribution in [2.45, 2.75) is 6.92 Å². The summed E-state index contributed by atoms with van der Waals surface area (Å²) < 4.78 is 5.73. The molecule has 3 aromatic carbocycles. The standard InChI is InChI=1S/C29H25Cl2N3O3/c1-19-4-2-3-5-23(19)29(36)34-16-14-33(15-17-34)22-9-7-21(8-10-22)32-28(35)27-13-12-26(37-27)24-11-6-20(30)18-25(24)31/h2-13,18H,14-17H2,1H3,(H,32,35). The molecule has 1 aliphatic rings. The molecule has 4 aromatic rings. The van der Waals surface area contributed by atoms with Crippen molar-refractivity contribution in [3.63, 3.8) is 0 Å². The van der Waals surface area contributed by atoms with Gasteiger partial charge in [-0.25, -0.2) is 0 Å². The second-order valence-electron chi connectivity index (χ2n) is 8.88. The molecule has 2 heterocycles. The van der Waals surface area contributed by atoms with Crippen molar-refractivity contribution < 1.29 is 14.0 Å². The van der Waals surface area contributed by atoms with Crippen molar-refractivity contribution in [3.8, 4) is 11.3 Å². The van der Waals surface area contributed by atoms with Gasteiger partial charge in [0.1, 0.15) is 5.76 Å². The average Bonchev–Trinajstić information content (AvgIpc) is 3.39. The van der Waals surface area contributed by atoms with Crippen molar-refractivity contribution in [1.82, 2.24) is 4.90 Å². The van der Waals surface area contributed by atoms with E-state index in [9.17, 15) is 9.59 Å². The SMILES string of the molecule is Cc1ccccc1C(=O)N1CCN(c2ccc(NC(=O)c3ccc(-c4ccc(Cl)cc4Cl)o3)cc2)CC1. The number of carbonyl (C=O) groups excluding carboxylic acids is 2. The van der Waals surface area contributed by atoms with Crippen LogP contribution in [0.5, 0.6) is 0 Å². The van der Waals surface area contributed by atoms with Crippen LogP contribution in [0, 0.1) is 6.92 Å². The van der Waals surface area contributed by atoms with E-state index < -0.39 is 0 Å². The maximum atomic E-state index is 12.9. The van der Waals surface area contributed by atoms with Crippen molar-refractivity contribution in [2.24, 2.45) is 0 Å². The van der Waals surface area contributed by atoms with Gasteiger partial charge in [0.2, 0.25) is 0 Å². The molecule has 1 N–H and O–H groups in total. The quantitative estimate of drug-likeness (QED) is 0.307. The molecule has 6 nitrogen and oxygen atoms in total. The lowest BCUT2D eigenvalue weighted by atomic mass is 10.1. The average molecular weight is 534 g/mol. The van der Waals surface area contributed by atoms with Crippen LogP contribution in [0.4, 0.5) is 11.4 Å². The first-order valence-corrected chi connectivity index (χ1v) is 12.7. The Morgan fingerprint density at radius 1 is 0.865 bits per heavy atom. The Bertz CT molecular complexity index is 1440. The summed E-state index contributed by atoms with van der Waals surface area (Å²) in [7, 11) is 0. The van der Waals surface area contributed by atoms with Crippen LogP contribution in [0.3, 0.4) is 0 Å². The van der Waals surface area contributed by atoms with E-state index in [0.717, 1.165) is 29.9 Å². The Labute approximate surface area is 225 Å². The second kappa shape index (κ2) is 10.7. The Hall–Kier alpha value is -3.74. The lowest BCUT2D eigenvalue weighted by molar-refractivity contribution is 0.0746. The molecule has 0 bridgehead atoms. The lowest BCUT2D eigenvalue weighted by Crippen LogP contribution is -2.48. The molecule has 0 saturated carbocycles. The number of anilines is 2. The predicted molar refractivity (Wildman–Crippen MR) is 148 cm³/mol. The van der Waals surface area contributed by atoms with Crippen LogP contribution in [-0.2, 0) is 0 Å². The number of aryl methyl sites for hydroxylation is 1. The molecule has 1 saturated heterocycles. The number of nitrogens with one attached hydrogen (secondary N) is 1. The van der Waals surface area contributed by atoms with Gasteiger partial charge in [-0.2, -0.15) is 0 Å². The molecule has 0 spiro atoms. The first kappa shape index (κ1) is 24.9. The molecule has 0 unspecified atom stereocenters. The summed E-state index contributed by atoms with van der Waals surface area (Å²) in [5, 5.41) is 3.84. The smallest absolute Gasteiger partial charge is 0.291 e. The number of furan rings is 1. The number of hydrogen-bond acceptors (Lipinski definition) is 4. The summed E-state index contributed by atoms with van der Waals surface area (Å²) >= 11 is 12.2. The van der Waals surface area contributed by atoms with Gasteiger partial charge in [0, 0.05) is 53.7 Å². The number of halogens is 2. The Morgan fingerprint density at radius 3 is 2.30 bits per heavy atom. The van der Waals surface area contributed by atoms with Crippen LogP contribution >= 0.6 is 23.2 Å². The summed E-state index contributed by atoms with van der Waals surface area (Å²) in [6.07, 6.45) is 0. The lowest BCUT2D eigenvalue weighted by Gasteiger charge is -2.36. The largest absolute Gasteiger partial charge is 0.451 e. The molecule has 2 amide bonds. The minimum Gasteiger partial charge on any atom is -0.451 e. The van der Waals surface area contributed by atoms with Gasteiger partial charge in [-0.15, -0.1) is 0 Å². The number of nitrogens with zero attached hydrogens (tertiary/aromatic N) is 2. The zero-order chi connectivity index (χ0) is 25.9. The molecule has 1 aliphatic heterocycles. The fourth-order valence-corrected chi connectivity index (χ4v) is 4.89. The van der Waals surface area contributed by atoms with Crippen LogP contribution in [0.25, 0.3) is 11.3 Å². The fraction of sp³-hybridized carbons (Fsp3) is 0.172. The van der Waals surface area contributed by atoms with E-state index in [1.165, 1.54) is 0 Å². The monoisotopic (exact) mass is 533 g/mol. The second-order valence-corrected chi connectivity index (χ2v) is 9.73. The molecule has 8 heteroatoms. The molecule has 0 aliphatic carbocycles. The maximum Gasteiger partial charge on any atom is 0.291 e. The zero-order valence-electron chi connectivity index (χ0n) is 20.2. The Balaban J connectivity index is 1.18. The number of amides is 2. The van der Waals surface area contributed by atoms with Gasteiger partial charge >= 0.3 is 0 Å². The van der Waals surface area contributed by atoms with Crippen LogP contribution in [-0.4, -0.2) is 42.9 Å². The van der Waals surface area contributed by atoms with E-state index in [4.69, 9.17) is 27.6 Å². The minimum atomic E-state index is -0.354. The van der Waals surface area contributed by atoms with Gasteiger partial charge in [-0.3, -0.25) is 9.59 Å². The van der Waals surface area contributed by atoms with Gasteiger partial charge in [-0.1, -0.05) is 41.4 Å². The van der Waals surface area contributed by atoms with Crippen molar-refractivity contribution in [3.05, 3.63) is 106 Å². The van der Waals surface area contributed by atoms with E-state index in [2.05, 4.69) is 10.2 Å². The summed E-state index contributed by atoms with van der Waals surface area (Å²) in [5.41, 5.74) is 4.11. The summed E-state index contributed by atoms with van der Waals surface area (Å²) in [6.45, 7) is 4.76. The number of piperazine rings is 1. The summed E-state index contributed by atoms with van der Waals surface area (Å²) in [4.78, 5) is 29.7. The first-order valence-electron chi connectivity index (χ1n) is 12.0. The third-order valence-corrected chi connectivity index (χ3v) is 7.01.